The Morgan fingerprint density at radius 2 is 2.18 bits per heavy atom. The van der Waals surface area contributed by atoms with E-state index in [-0.39, 0.29) is 0 Å². The minimum absolute atomic E-state index is 0.533. The van der Waals surface area contributed by atoms with Crippen LogP contribution in [0.4, 0.5) is 0 Å². The monoisotopic (exact) mass is 263 g/mol. The molecule has 17 heavy (non-hydrogen) atoms. The maximum Gasteiger partial charge on any atom is 0.0934 e. The molecule has 1 heterocycles. The molecule has 1 aliphatic carbocycles. The highest BCUT2D eigenvalue weighted by Gasteiger charge is 2.21. The van der Waals surface area contributed by atoms with E-state index in [2.05, 4.69) is 29.6 Å². The molecule has 1 atom stereocenters. The summed E-state index contributed by atoms with van der Waals surface area (Å²) in [6, 6.07) is 11.4. The van der Waals surface area contributed by atoms with Gasteiger partial charge < -0.3 is 5.32 Å². The van der Waals surface area contributed by atoms with Gasteiger partial charge in [0.15, 0.2) is 0 Å². The van der Waals surface area contributed by atoms with Gasteiger partial charge >= 0.3 is 0 Å². The number of fused-ring (bicyclic) bond motifs is 1. The number of halogens is 1. The number of nitrogens with one attached hydrogen (secondary N) is 1. The normalized spacial score (nSPS) is 18.4. The van der Waals surface area contributed by atoms with Crippen LogP contribution in [0.1, 0.15) is 23.6 Å². The van der Waals surface area contributed by atoms with Gasteiger partial charge in [-0.15, -0.1) is 11.3 Å². The Balaban J connectivity index is 2.00. The first-order chi connectivity index (χ1) is 8.28. The summed E-state index contributed by atoms with van der Waals surface area (Å²) in [6.07, 6.45) is 2.38. The summed E-state index contributed by atoms with van der Waals surface area (Å²) in [6.45, 7) is 0. The summed E-state index contributed by atoms with van der Waals surface area (Å²) in [7, 11) is 2.03. The zero-order valence-electron chi connectivity index (χ0n) is 9.66. The third-order valence-electron chi connectivity index (χ3n) is 3.43. The molecule has 1 N–H and O–H groups in total. The average molecular weight is 264 g/mol. The van der Waals surface area contributed by atoms with Crippen LogP contribution in [-0.4, -0.2) is 7.05 Å². The molecule has 0 saturated heterocycles. The molecule has 0 radical (unpaired) electrons. The average Bonchev–Trinajstić information content (AvgIpc) is 2.94. The van der Waals surface area contributed by atoms with Gasteiger partial charge in [0.2, 0.25) is 0 Å². The minimum Gasteiger partial charge on any atom is -0.313 e. The first-order valence-corrected chi connectivity index (χ1v) is 7.03. The molecule has 1 aliphatic rings. The number of hydrogen-bond donors (Lipinski definition) is 1. The van der Waals surface area contributed by atoms with Crippen molar-refractivity contribution in [2.24, 2.45) is 0 Å². The Kier molecular flexibility index (Phi) is 2.95. The molecule has 3 rings (SSSR count). The van der Waals surface area contributed by atoms with E-state index in [0.29, 0.717) is 6.04 Å². The fraction of sp³-hybridized carbons (Fsp3) is 0.286. The molecule has 88 valence electrons. The highest BCUT2D eigenvalue weighted by atomic mass is 35.5. The maximum absolute atomic E-state index is 5.98. The first-order valence-electron chi connectivity index (χ1n) is 5.84. The SMILES string of the molecule is CNC1CCc2cc(-c3ccc(Cl)s3)ccc21. The molecule has 0 fully saturated rings. The number of aryl methyl sites for hydroxylation is 1. The second kappa shape index (κ2) is 4.45. The van der Waals surface area contributed by atoms with Crippen LogP contribution in [0.15, 0.2) is 30.3 Å². The van der Waals surface area contributed by atoms with Crippen molar-refractivity contribution < 1.29 is 0 Å². The Hall–Kier alpha value is -0.830. The standard InChI is InChI=1S/C14H14ClNS/c1-16-12-5-3-9-8-10(2-4-11(9)12)13-6-7-14(15)17-13/h2,4,6-8,12,16H,3,5H2,1H3. The summed E-state index contributed by atoms with van der Waals surface area (Å²) in [5.74, 6) is 0. The Morgan fingerprint density at radius 3 is 2.88 bits per heavy atom. The topological polar surface area (TPSA) is 12.0 Å². The van der Waals surface area contributed by atoms with Crippen LogP contribution in [0.5, 0.6) is 0 Å². The van der Waals surface area contributed by atoms with Crippen molar-refractivity contribution in [2.75, 3.05) is 7.05 Å². The molecule has 1 aromatic heterocycles. The van der Waals surface area contributed by atoms with Gasteiger partial charge in [-0.3, -0.25) is 0 Å². The van der Waals surface area contributed by atoms with Crippen molar-refractivity contribution in [3.63, 3.8) is 0 Å². The fourth-order valence-corrected chi connectivity index (χ4v) is 3.58. The molecule has 1 aromatic carbocycles. The van der Waals surface area contributed by atoms with Crippen molar-refractivity contribution in [3.05, 3.63) is 45.8 Å². The predicted octanol–water partition coefficient (Wildman–Crippen LogP) is 4.28. The van der Waals surface area contributed by atoms with Crippen LogP contribution >= 0.6 is 22.9 Å². The quantitative estimate of drug-likeness (QED) is 0.853. The highest BCUT2D eigenvalue weighted by molar-refractivity contribution is 7.19. The van der Waals surface area contributed by atoms with E-state index in [9.17, 15) is 0 Å². The van der Waals surface area contributed by atoms with Gasteiger partial charge in [-0.2, -0.15) is 0 Å². The molecular formula is C14H14ClNS. The third-order valence-corrected chi connectivity index (χ3v) is 4.71. The molecule has 1 unspecified atom stereocenters. The lowest BCUT2D eigenvalue weighted by atomic mass is 10.0. The number of benzene rings is 1. The summed E-state index contributed by atoms with van der Waals surface area (Å²) in [4.78, 5) is 1.26. The van der Waals surface area contributed by atoms with Gasteiger partial charge in [0, 0.05) is 10.9 Å². The Morgan fingerprint density at radius 1 is 1.29 bits per heavy atom. The Labute approximate surface area is 110 Å². The molecular weight excluding hydrogens is 250 g/mol. The third kappa shape index (κ3) is 2.01. The van der Waals surface area contributed by atoms with E-state index in [0.717, 1.165) is 4.34 Å². The summed E-state index contributed by atoms with van der Waals surface area (Å²) >= 11 is 7.62. The van der Waals surface area contributed by atoms with E-state index in [4.69, 9.17) is 11.6 Å². The summed E-state index contributed by atoms with van der Waals surface area (Å²) in [5, 5.41) is 3.36. The number of thiophene rings is 1. The minimum atomic E-state index is 0.533. The van der Waals surface area contributed by atoms with Crippen LogP contribution in [0.2, 0.25) is 4.34 Å². The molecule has 0 bridgehead atoms. The molecule has 1 nitrogen and oxygen atoms in total. The van der Waals surface area contributed by atoms with Gasteiger partial charge in [-0.1, -0.05) is 29.8 Å². The second-order valence-electron chi connectivity index (χ2n) is 4.40. The fourth-order valence-electron chi connectivity index (χ4n) is 2.54. The molecule has 0 aliphatic heterocycles. The van der Waals surface area contributed by atoms with E-state index in [1.165, 1.54) is 34.4 Å². The van der Waals surface area contributed by atoms with E-state index in [1.54, 1.807) is 11.3 Å². The largest absolute Gasteiger partial charge is 0.313 e. The van der Waals surface area contributed by atoms with Gasteiger partial charge in [-0.05, 0) is 48.7 Å². The molecule has 3 heteroatoms. The Bertz CT molecular complexity index is 547. The van der Waals surface area contributed by atoms with Gasteiger partial charge in [0.1, 0.15) is 0 Å². The van der Waals surface area contributed by atoms with Gasteiger partial charge in [0.05, 0.1) is 4.34 Å². The van der Waals surface area contributed by atoms with Crippen molar-refractivity contribution in [2.45, 2.75) is 18.9 Å². The van der Waals surface area contributed by atoms with Crippen LogP contribution in [-0.2, 0) is 6.42 Å². The maximum atomic E-state index is 5.98. The van der Waals surface area contributed by atoms with Crippen LogP contribution < -0.4 is 5.32 Å². The van der Waals surface area contributed by atoms with Crippen LogP contribution in [0.25, 0.3) is 10.4 Å². The predicted molar refractivity (Wildman–Crippen MR) is 74.9 cm³/mol. The van der Waals surface area contributed by atoms with E-state index < -0.39 is 0 Å². The van der Waals surface area contributed by atoms with Crippen LogP contribution in [0, 0.1) is 0 Å². The summed E-state index contributed by atoms with van der Waals surface area (Å²) in [5.41, 5.74) is 4.22. The number of hydrogen-bond acceptors (Lipinski definition) is 2. The second-order valence-corrected chi connectivity index (χ2v) is 6.11. The van der Waals surface area contributed by atoms with E-state index in [1.807, 2.05) is 13.1 Å². The highest BCUT2D eigenvalue weighted by Crippen LogP contribution is 2.36. The smallest absolute Gasteiger partial charge is 0.0934 e. The molecule has 0 saturated carbocycles. The lowest BCUT2D eigenvalue weighted by Crippen LogP contribution is -2.12. The van der Waals surface area contributed by atoms with E-state index >= 15 is 0 Å². The number of rotatable bonds is 2. The lowest BCUT2D eigenvalue weighted by Gasteiger charge is -2.10. The molecule has 2 aromatic rings. The molecule has 0 spiro atoms. The van der Waals surface area contributed by atoms with Gasteiger partial charge in [0.25, 0.3) is 0 Å². The van der Waals surface area contributed by atoms with Crippen LogP contribution in [0.3, 0.4) is 0 Å². The van der Waals surface area contributed by atoms with Crippen molar-refractivity contribution >= 4 is 22.9 Å². The zero-order chi connectivity index (χ0) is 11.8. The molecule has 0 amide bonds. The zero-order valence-corrected chi connectivity index (χ0v) is 11.2. The van der Waals surface area contributed by atoms with Crippen molar-refractivity contribution in [3.8, 4) is 10.4 Å². The summed E-state index contributed by atoms with van der Waals surface area (Å²) < 4.78 is 0.855. The first kappa shape index (κ1) is 11.3. The lowest BCUT2D eigenvalue weighted by molar-refractivity contribution is 0.590. The van der Waals surface area contributed by atoms with Gasteiger partial charge in [-0.25, -0.2) is 0 Å². The van der Waals surface area contributed by atoms with Crippen molar-refractivity contribution in [1.82, 2.24) is 5.32 Å². The van der Waals surface area contributed by atoms with Crippen molar-refractivity contribution in [1.29, 1.82) is 0 Å².